The summed E-state index contributed by atoms with van der Waals surface area (Å²) in [7, 11) is 3.70. The van der Waals surface area contributed by atoms with Crippen LogP contribution in [-0.2, 0) is 11.3 Å². The summed E-state index contributed by atoms with van der Waals surface area (Å²) in [6, 6.07) is 12.6. The van der Waals surface area contributed by atoms with Gasteiger partial charge in [0.1, 0.15) is 5.75 Å². The first-order valence-electron chi connectivity index (χ1n) is 7.40. The quantitative estimate of drug-likeness (QED) is 0.841. The van der Waals surface area contributed by atoms with E-state index in [1.165, 1.54) is 16.3 Å². The Bertz CT molecular complexity index is 593. The van der Waals surface area contributed by atoms with Crippen LogP contribution < -0.4 is 10.1 Å². The highest BCUT2D eigenvalue weighted by atomic mass is 16.5. The van der Waals surface area contributed by atoms with E-state index in [4.69, 9.17) is 9.47 Å². The molecule has 0 aliphatic carbocycles. The van der Waals surface area contributed by atoms with Crippen LogP contribution in [0.15, 0.2) is 36.4 Å². The Labute approximate surface area is 127 Å². The molecule has 0 saturated heterocycles. The predicted octanol–water partition coefficient (Wildman–Crippen LogP) is 3.75. The van der Waals surface area contributed by atoms with E-state index in [0.29, 0.717) is 6.61 Å². The van der Waals surface area contributed by atoms with Gasteiger partial charge in [-0.15, -0.1) is 0 Å². The molecule has 21 heavy (non-hydrogen) atoms. The molecular formula is C18H25NO2. The SMILES string of the molecule is CNCc1c(OCCC(C)(C)OC)ccc2ccccc12. The highest BCUT2D eigenvalue weighted by Crippen LogP contribution is 2.28. The van der Waals surface area contributed by atoms with Gasteiger partial charge in [-0.2, -0.15) is 0 Å². The lowest BCUT2D eigenvalue weighted by Gasteiger charge is -2.23. The second kappa shape index (κ2) is 6.92. The molecule has 0 unspecified atom stereocenters. The Kier molecular flexibility index (Phi) is 5.21. The van der Waals surface area contributed by atoms with Crippen molar-refractivity contribution in [3.63, 3.8) is 0 Å². The number of nitrogens with one attached hydrogen (secondary N) is 1. The highest BCUT2D eigenvalue weighted by molar-refractivity contribution is 5.87. The van der Waals surface area contributed by atoms with Gasteiger partial charge in [-0.3, -0.25) is 0 Å². The summed E-state index contributed by atoms with van der Waals surface area (Å²) in [4.78, 5) is 0. The summed E-state index contributed by atoms with van der Waals surface area (Å²) >= 11 is 0. The van der Waals surface area contributed by atoms with Gasteiger partial charge in [0.05, 0.1) is 12.2 Å². The first-order valence-corrected chi connectivity index (χ1v) is 7.40. The van der Waals surface area contributed by atoms with Gasteiger partial charge >= 0.3 is 0 Å². The highest BCUT2D eigenvalue weighted by Gasteiger charge is 2.16. The number of methoxy groups -OCH3 is 1. The molecule has 2 aromatic rings. The van der Waals surface area contributed by atoms with Crippen LogP contribution in [0.5, 0.6) is 5.75 Å². The molecule has 114 valence electrons. The van der Waals surface area contributed by atoms with Crippen molar-refractivity contribution >= 4 is 10.8 Å². The van der Waals surface area contributed by atoms with Crippen molar-refractivity contribution in [1.82, 2.24) is 5.32 Å². The molecule has 0 heterocycles. The Morgan fingerprint density at radius 2 is 1.86 bits per heavy atom. The van der Waals surface area contributed by atoms with Crippen LogP contribution in [-0.4, -0.2) is 26.4 Å². The molecule has 2 aromatic carbocycles. The van der Waals surface area contributed by atoms with Crippen molar-refractivity contribution in [2.45, 2.75) is 32.4 Å². The van der Waals surface area contributed by atoms with Crippen LogP contribution in [0, 0.1) is 0 Å². The van der Waals surface area contributed by atoms with E-state index in [-0.39, 0.29) is 5.60 Å². The summed E-state index contributed by atoms with van der Waals surface area (Å²) in [6.07, 6.45) is 0.856. The predicted molar refractivity (Wildman–Crippen MR) is 87.9 cm³/mol. The molecule has 0 amide bonds. The van der Waals surface area contributed by atoms with Crippen molar-refractivity contribution in [3.8, 4) is 5.75 Å². The van der Waals surface area contributed by atoms with Crippen LogP contribution in [0.3, 0.4) is 0 Å². The largest absolute Gasteiger partial charge is 0.493 e. The van der Waals surface area contributed by atoms with Gasteiger partial charge in [0.25, 0.3) is 0 Å². The van der Waals surface area contributed by atoms with Gasteiger partial charge in [-0.05, 0) is 37.7 Å². The molecule has 2 rings (SSSR count). The molecule has 0 spiro atoms. The molecule has 0 radical (unpaired) electrons. The lowest BCUT2D eigenvalue weighted by Crippen LogP contribution is -2.25. The third-order valence-corrected chi connectivity index (χ3v) is 3.87. The Morgan fingerprint density at radius 3 is 2.57 bits per heavy atom. The molecule has 0 saturated carbocycles. The van der Waals surface area contributed by atoms with Crippen LogP contribution in [0.4, 0.5) is 0 Å². The Balaban J connectivity index is 2.20. The minimum Gasteiger partial charge on any atom is -0.493 e. The van der Waals surface area contributed by atoms with Crippen LogP contribution in [0.25, 0.3) is 10.8 Å². The van der Waals surface area contributed by atoms with Gasteiger partial charge in [-0.25, -0.2) is 0 Å². The van der Waals surface area contributed by atoms with Gasteiger partial charge in [0, 0.05) is 25.6 Å². The number of benzene rings is 2. The van der Waals surface area contributed by atoms with E-state index in [1.54, 1.807) is 7.11 Å². The monoisotopic (exact) mass is 287 g/mol. The lowest BCUT2D eigenvalue weighted by molar-refractivity contribution is 0.00539. The average Bonchev–Trinajstić information content (AvgIpc) is 2.49. The molecule has 0 aliphatic heterocycles. The standard InChI is InChI=1S/C18H25NO2/c1-18(2,20-4)11-12-21-17-10-9-14-7-5-6-8-15(14)16(17)13-19-3/h5-10,19H,11-13H2,1-4H3. The zero-order valence-corrected chi connectivity index (χ0v) is 13.4. The molecule has 3 heteroatoms. The maximum atomic E-state index is 6.02. The maximum absolute atomic E-state index is 6.02. The summed E-state index contributed by atoms with van der Waals surface area (Å²) in [5.41, 5.74) is 1.06. The minimum atomic E-state index is -0.153. The molecule has 0 aliphatic rings. The van der Waals surface area contributed by atoms with E-state index >= 15 is 0 Å². The molecule has 0 atom stereocenters. The fraction of sp³-hybridized carbons (Fsp3) is 0.444. The second-order valence-corrected chi connectivity index (χ2v) is 5.86. The molecule has 0 fully saturated rings. The first kappa shape index (κ1) is 15.8. The summed E-state index contributed by atoms with van der Waals surface area (Å²) in [6.45, 7) is 5.59. The Morgan fingerprint density at radius 1 is 1.10 bits per heavy atom. The van der Waals surface area contributed by atoms with Gasteiger partial charge in [-0.1, -0.05) is 30.3 Å². The van der Waals surface area contributed by atoms with Crippen molar-refractivity contribution in [2.24, 2.45) is 0 Å². The topological polar surface area (TPSA) is 30.5 Å². The third-order valence-electron chi connectivity index (χ3n) is 3.87. The van der Waals surface area contributed by atoms with Crippen molar-refractivity contribution in [3.05, 3.63) is 42.0 Å². The van der Waals surface area contributed by atoms with E-state index in [1.807, 2.05) is 7.05 Å². The molecule has 1 N–H and O–H groups in total. The first-order chi connectivity index (χ1) is 10.1. The number of fused-ring (bicyclic) bond motifs is 1. The molecule has 0 bridgehead atoms. The van der Waals surface area contributed by atoms with Crippen LogP contribution in [0.2, 0.25) is 0 Å². The van der Waals surface area contributed by atoms with Gasteiger partial charge in [0.15, 0.2) is 0 Å². The van der Waals surface area contributed by atoms with Crippen LogP contribution in [0.1, 0.15) is 25.8 Å². The van der Waals surface area contributed by atoms with Crippen molar-refractivity contribution in [2.75, 3.05) is 20.8 Å². The zero-order valence-electron chi connectivity index (χ0n) is 13.4. The van der Waals surface area contributed by atoms with Crippen LogP contribution >= 0.6 is 0 Å². The van der Waals surface area contributed by atoms with Crippen molar-refractivity contribution in [1.29, 1.82) is 0 Å². The fourth-order valence-electron chi connectivity index (χ4n) is 2.32. The summed E-state index contributed by atoms with van der Waals surface area (Å²) in [5, 5.41) is 5.72. The number of hydrogen-bond donors (Lipinski definition) is 1. The molecular weight excluding hydrogens is 262 g/mol. The summed E-state index contributed by atoms with van der Waals surface area (Å²) in [5.74, 6) is 0.954. The van der Waals surface area contributed by atoms with E-state index in [0.717, 1.165) is 18.7 Å². The van der Waals surface area contributed by atoms with Gasteiger partial charge in [0.2, 0.25) is 0 Å². The normalized spacial score (nSPS) is 11.8. The third kappa shape index (κ3) is 3.96. The number of ether oxygens (including phenoxy) is 2. The molecule has 0 aromatic heterocycles. The van der Waals surface area contributed by atoms with E-state index < -0.39 is 0 Å². The number of hydrogen-bond acceptors (Lipinski definition) is 3. The van der Waals surface area contributed by atoms with Crippen molar-refractivity contribution < 1.29 is 9.47 Å². The van der Waals surface area contributed by atoms with E-state index in [2.05, 4.69) is 55.6 Å². The fourth-order valence-corrected chi connectivity index (χ4v) is 2.32. The average molecular weight is 287 g/mol. The summed E-state index contributed by atoms with van der Waals surface area (Å²) < 4.78 is 11.4. The lowest BCUT2D eigenvalue weighted by atomic mass is 10.0. The minimum absolute atomic E-state index is 0.153. The smallest absolute Gasteiger partial charge is 0.124 e. The zero-order chi connectivity index (χ0) is 15.3. The second-order valence-electron chi connectivity index (χ2n) is 5.86. The van der Waals surface area contributed by atoms with Gasteiger partial charge < -0.3 is 14.8 Å². The molecule has 3 nitrogen and oxygen atoms in total. The number of rotatable bonds is 7. The Hall–Kier alpha value is -1.58. The van der Waals surface area contributed by atoms with E-state index in [9.17, 15) is 0 Å². The maximum Gasteiger partial charge on any atom is 0.124 e.